The normalized spacial score (nSPS) is 13.8. The maximum absolute atomic E-state index is 9.43. The molecule has 0 aliphatic carbocycles. The summed E-state index contributed by atoms with van der Waals surface area (Å²) in [6.45, 7) is 0. The van der Waals surface area contributed by atoms with Crippen molar-refractivity contribution in [3.8, 4) is 45.5 Å². The summed E-state index contributed by atoms with van der Waals surface area (Å²) in [5.41, 5.74) is 10.3. The lowest BCUT2D eigenvalue weighted by atomic mass is 9.91. The molecule has 1 heterocycles. The van der Waals surface area contributed by atoms with Crippen LogP contribution in [0.3, 0.4) is 0 Å². The molecule has 7 aromatic carbocycles. The van der Waals surface area contributed by atoms with Crippen LogP contribution >= 0.6 is 0 Å². The number of nitriles is 2. The molecule has 1 N–H and O–H groups in total. The molecule has 234 valence electrons. The molecule has 0 aromatic heterocycles. The van der Waals surface area contributed by atoms with Crippen LogP contribution < -0.4 is 5.32 Å². The van der Waals surface area contributed by atoms with Crippen molar-refractivity contribution >= 4 is 22.4 Å². The number of rotatable bonds is 6. The van der Waals surface area contributed by atoms with Gasteiger partial charge in [0.2, 0.25) is 0 Å². The number of amidine groups is 2. The van der Waals surface area contributed by atoms with Gasteiger partial charge in [-0.1, -0.05) is 146 Å². The van der Waals surface area contributed by atoms with Crippen LogP contribution in [0, 0.1) is 22.7 Å². The van der Waals surface area contributed by atoms with Gasteiger partial charge in [-0.15, -0.1) is 0 Å². The minimum atomic E-state index is -0.289. The summed E-state index contributed by atoms with van der Waals surface area (Å²) in [5.74, 6) is 1.50. The zero-order valence-electron chi connectivity index (χ0n) is 27.0. The van der Waals surface area contributed by atoms with E-state index in [0.717, 1.165) is 61.3 Å². The molecule has 50 heavy (non-hydrogen) atoms. The molecular formula is C45H29N5. The first kappa shape index (κ1) is 30.3. The van der Waals surface area contributed by atoms with Gasteiger partial charge in [-0.25, -0.2) is 9.98 Å². The third-order valence-corrected chi connectivity index (χ3v) is 9.00. The zero-order valence-corrected chi connectivity index (χ0v) is 27.0. The van der Waals surface area contributed by atoms with E-state index >= 15 is 0 Å². The Morgan fingerprint density at radius 2 is 0.960 bits per heavy atom. The maximum atomic E-state index is 9.43. The first-order chi connectivity index (χ1) is 24.7. The van der Waals surface area contributed by atoms with Crippen molar-refractivity contribution < 1.29 is 0 Å². The second kappa shape index (κ2) is 13.2. The Bertz CT molecular complexity index is 2470. The number of fused-ring (bicyclic) bond motifs is 1. The predicted molar refractivity (Wildman–Crippen MR) is 202 cm³/mol. The summed E-state index contributed by atoms with van der Waals surface area (Å²) < 4.78 is 0. The Hall–Kier alpha value is -7.08. The highest BCUT2D eigenvalue weighted by atomic mass is 15.2. The molecule has 0 fully saturated rings. The monoisotopic (exact) mass is 639 g/mol. The number of benzene rings is 7. The SMILES string of the molecule is N#Cc1cc(C#N)cc(-c2ccc(-c3ccc(-c4ccc(C5N=C(c6ccccc6)N=C(c6ccccc6)N5)cc4)c4ccccc34)cc2)c1. The highest BCUT2D eigenvalue weighted by Gasteiger charge is 2.21. The highest BCUT2D eigenvalue weighted by molar-refractivity contribution is 6.13. The molecule has 0 amide bonds. The molecule has 5 nitrogen and oxygen atoms in total. The second-order valence-electron chi connectivity index (χ2n) is 12.1. The fourth-order valence-electron chi connectivity index (χ4n) is 6.49. The molecule has 0 saturated heterocycles. The van der Waals surface area contributed by atoms with E-state index in [0.29, 0.717) is 17.0 Å². The number of nitrogens with zero attached hydrogens (tertiary/aromatic N) is 4. The Labute approximate surface area is 290 Å². The molecule has 0 spiro atoms. The van der Waals surface area contributed by atoms with Gasteiger partial charge in [-0.2, -0.15) is 10.5 Å². The van der Waals surface area contributed by atoms with Gasteiger partial charge >= 0.3 is 0 Å². The molecule has 7 aromatic rings. The van der Waals surface area contributed by atoms with Crippen molar-refractivity contribution in [3.05, 3.63) is 192 Å². The molecule has 1 aliphatic rings. The van der Waals surface area contributed by atoms with Crippen LogP contribution in [-0.4, -0.2) is 11.7 Å². The topological polar surface area (TPSA) is 84.3 Å². The summed E-state index contributed by atoms with van der Waals surface area (Å²) in [5, 5.41) is 24.7. The van der Waals surface area contributed by atoms with E-state index in [4.69, 9.17) is 9.98 Å². The summed E-state index contributed by atoms with van der Waals surface area (Å²) in [6.07, 6.45) is -0.289. The van der Waals surface area contributed by atoms with Crippen molar-refractivity contribution in [2.45, 2.75) is 6.17 Å². The summed E-state index contributed by atoms with van der Waals surface area (Å²) >= 11 is 0. The Morgan fingerprint density at radius 3 is 1.52 bits per heavy atom. The minimum Gasteiger partial charge on any atom is -0.344 e. The van der Waals surface area contributed by atoms with Crippen LogP contribution in [0.5, 0.6) is 0 Å². The maximum Gasteiger partial charge on any atom is 0.159 e. The average Bonchev–Trinajstić information content (AvgIpc) is 3.21. The number of nitrogens with one attached hydrogen (secondary N) is 1. The van der Waals surface area contributed by atoms with Gasteiger partial charge in [-0.05, 0) is 67.9 Å². The Balaban J connectivity index is 1.11. The molecule has 0 radical (unpaired) electrons. The molecule has 8 rings (SSSR count). The van der Waals surface area contributed by atoms with E-state index in [9.17, 15) is 10.5 Å². The van der Waals surface area contributed by atoms with Crippen molar-refractivity contribution in [3.63, 3.8) is 0 Å². The van der Waals surface area contributed by atoms with Crippen molar-refractivity contribution in [1.29, 1.82) is 10.5 Å². The summed E-state index contributed by atoms with van der Waals surface area (Å²) in [4.78, 5) is 9.92. The van der Waals surface area contributed by atoms with E-state index in [-0.39, 0.29) is 6.17 Å². The van der Waals surface area contributed by atoms with Crippen LogP contribution in [-0.2, 0) is 0 Å². The Kier molecular flexibility index (Phi) is 7.99. The fourth-order valence-corrected chi connectivity index (χ4v) is 6.49. The summed E-state index contributed by atoms with van der Waals surface area (Å²) in [6, 6.07) is 59.6. The second-order valence-corrected chi connectivity index (χ2v) is 12.1. The first-order valence-electron chi connectivity index (χ1n) is 16.4. The van der Waals surface area contributed by atoms with Gasteiger partial charge in [-0.3, -0.25) is 0 Å². The third-order valence-electron chi connectivity index (χ3n) is 9.00. The van der Waals surface area contributed by atoms with Crippen molar-refractivity contribution in [2.75, 3.05) is 0 Å². The lowest BCUT2D eigenvalue weighted by Crippen LogP contribution is -2.33. The van der Waals surface area contributed by atoms with Crippen LogP contribution in [0.15, 0.2) is 174 Å². The van der Waals surface area contributed by atoms with Crippen LogP contribution in [0.2, 0.25) is 0 Å². The van der Waals surface area contributed by atoms with Gasteiger partial charge < -0.3 is 5.32 Å². The molecule has 5 heteroatoms. The first-order valence-corrected chi connectivity index (χ1v) is 16.4. The van der Waals surface area contributed by atoms with E-state index in [1.54, 1.807) is 6.07 Å². The van der Waals surface area contributed by atoms with Crippen LogP contribution in [0.1, 0.15) is 34.0 Å². The van der Waals surface area contributed by atoms with Gasteiger partial charge in [0.25, 0.3) is 0 Å². The largest absolute Gasteiger partial charge is 0.344 e. The lowest BCUT2D eigenvalue weighted by molar-refractivity contribution is 0.674. The molecule has 1 aliphatic heterocycles. The van der Waals surface area contributed by atoms with Gasteiger partial charge in [0.1, 0.15) is 12.0 Å². The number of aliphatic imine (C=N–C) groups is 2. The standard InChI is InChI=1S/C45H29N5/c46-28-30-25-31(29-47)27-38(26-30)32-15-17-33(18-16-32)39-23-24-40(42-14-8-7-13-41(39)42)34-19-21-37(22-20-34)45-49-43(35-9-3-1-4-10-35)48-44(50-45)36-11-5-2-6-12-36/h1-27,45H,(H,48,49,50). The number of hydrogen-bond acceptors (Lipinski definition) is 5. The third kappa shape index (κ3) is 5.92. The highest BCUT2D eigenvalue weighted by Crippen LogP contribution is 2.37. The van der Waals surface area contributed by atoms with Gasteiger partial charge in [0.05, 0.1) is 23.3 Å². The Morgan fingerprint density at radius 1 is 0.460 bits per heavy atom. The molecule has 1 unspecified atom stereocenters. The summed E-state index contributed by atoms with van der Waals surface area (Å²) in [7, 11) is 0. The van der Waals surface area contributed by atoms with Crippen LogP contribution in [0.4, 0.5) is 0 Å². The molecule has 1 atom stereocenters. The predicted octanol–water partition coefficient (Wildman–Crippen LogP) is 10.1. The van der Waals surface area contributed by atoms with E-state index in [2.05, 4.69) is 102 Å². The van der Waals surface area contributed by atoms with Crippen molar-refractivity contribution in [2.24, 2.45) is 9.98 Å². The fraction of sp³-hybridized carbons (Fsp3) is 0.0222. The van der Waals surface area contributed by atoms with E-state index in [1.807, 2.05) is 72.8 Å². The van der Waals surface area contributed by atoms with Gasteiger partial charge in [0.15, 0.2) is 5.84 Å². The molecule has 0 saturated carbocycles. The molecular weight excluding hydrogens is 611 g/mol. The lowest BCUT2D eigenvalue weighted by Gasteiger charge is -2.24. The molecule has 0 bridgehead atoms. The average molecular weight is 640 g/mol. The zero-order chi connectivity index (χ0) is 33.9. The minimum absolute atomic E-state index is 0.289. The number of hydrogen-bond donors (Lipinski definition) is 1. The van der Waals surface area contributed by atoms with Crippen LogP contribution in [0.25, 0.3) is 44.2 Å². The van der Waals surface area contributed by atoms with E-state index < -0.39 is 0 Å². The van der Waals surface area contributed by atoms with Crippen molar-refractivity contribution in [1.82, 2.24) is 5.32 Å². The quantitative estimate of drug-likeness (QED) is 0.197. The van der Waals surface area contributed by atoms with Gasteiger partial charge in [0, 0.05) is 11.1 Å². The smallest absolute Gasteiger partial charge is 0.159 e. The van der Waals surface area contributed by atoms with E-state index in [1.165, 1.54) is 5.39 Å².